The van der Waals surface area contributed by atoms with Crippen LogP contribution < -0.4 is 0 Å². The number of hydrogen-bond donors (Lipinski definition) is 1. The fourth-order valence-corrected chi connectivity index (χ4v) is 1.62. The van der Waals surface area contributed by atoms with Gasteiger partial charge in [0.2, 0.25) is 0 Å². The Morgan fingerprint density at radius 2 is 2.36 bits per heavy atom. The van der Waals surface area contributed by atoms with E-state index in [1.165, 1.54) is 11.8 Å². The lowest BCUT2D eigenvalue weighted by Crippen LogP contribution is -1.96. The molecule has 14 heavy (non-hydrogen) atoms. The Kier molecular flexibility index (Phi) is 4.02. The molecule has 0 atom stereocenters. The number of carbonyl (C=O) groups is 1. The minimum absolute atomic E-state index is 0.292. The molecular weight excluding hydrogens is 198 g/mol. The maximum absolute atomic E-state index is 10.6. The van der Waals surface area contributed by atoms with E-state index < -0.39 is 5.97 Å². The van der Waals surface area contributed by atoms with E-state index in [0.717, 1.165) is 5.56 Å². The third-order valence-corrected chi connectivity index (χ3v) is 2.48. The second kappa shape index (κ2) is 5.30. The van der Waals surface area contributed by atoms with Crippen LogP contribution in [0.25, 0.3) is 0 Å². The molecule has 0 heterocycles. The summed E-state index contributed by atoms with van der Waals surface area (Å²) in [5.74, 6) is 0.184. The molecule has 0 amide bonds. The van der Waals surface area contributed by atoms with Crippen LogP contribution in [0.5, 0.6) is 0 Å². The van der Waals surface area contributed by atoms with Gasteiger partial charge in [-0.15, -0.1) is 11.8 Å². The normalized spacial score (nSPS) is 9.36. The van der Waals surface area contributed by atoms with Crippen molar-refractivity contribution in [3.8, 4) is 6.07 Å². The summed E-state index contributed by atoms with van der Waals surface area (Å²) in [4.78, 5) is 10.6. The van der Waals surface area contributed by atoms with Gasteiger partial charge < -0.3 is 5.11 Å². The average Bonchev–Trinajstić information content (AvgIpc) is 2.19. The predicted octanol–water partition coefficient (Wildman–Crippen LogP) is 2.14. The molecule has 0 aromatic heterocycles. The first-order chi connectivity index (χ1) is 6.74. The molecule has 1 rings (SSSR count). The highest BCUT2D eigenvalue weighted by atomic mass is 32.2. The van der Waals surface area contributed by atoms with E-state index in [1.54, 1.807) is 18.2 Å². The largest absolute Gasteiger partial charge is 0.478 e. The lowest BCUT2D eigenvalue weighted by molar-refractivity contribution is 0.0697. The number of hydrogen-bond acceptors (Lipinski definition) is 3. The van der Waals surface area contributed by atoms with E-state index in [9.17, 15) is 4.79 Å². The van der Waals surface area contributed by atoms with Gasteiger partial charge in [-0.25, -0.2) is 4.79 Å². The zero-order chi connectivity index (χ0) is 10.4. The molecule has 4 heteroatoms. The van der Waals surface area contributed by atoms with Crippen molar-refractivity contribution >= 4 is 17.7 Å². The van der Waals surface area contributed by atoms with Crippen LogP contribution >= 0.6 is 11.8 Å². The number of rotatable bonds is 4. The van der Waals surface area contributed by atoms with Crippen molar-refractivity contribution in [2.75, 3.05) is 5.75 Å². The maximum atomic E-state index is 10.6. The van der Waals surface area contributed by atoms with Crippen molar-refractivity contribution in [1.82, 2.24) is 0 Å². The minimum atomic E-state index is -0.919. The first kappa shape index (κ1) is 10.6. The van der Waals surface area contributed by atoms with Crippen molar-refractivity contribution in [3.05, 3.63) is 35.4 Å². The first-order valence-electron chi connectivity index (χ1n) is 4.01. The molecule has 0 saturated heterocycles. The number of carboxylic acid groups (broad SMARTS) is 1. The summed E-state index contributed by atoms with van der Waals surface area (Å²) in [6.07, 6.45) is 0. The van der Waals surface area contributed by atoms with Crippen LogP contribution in [0.1, 0.15) is 15.9 Å². The highest BCUT2D eigenvalue weighted by Gasteiger charge is 2.02. The van der Waals surface area contributed by atoms with Gasteiger partial charge in [0.05, 0.1) is 17.4 Å². The number of carboxylic acids is 1. The Bertz CT molecular complexity index is 371. The van der Waals surface area contributed by atoms with E-state index in [0.29, 0.717) is 17.1 Å². The van der Waals surface area contributed by atoms with Gasteiger partial charge in [0, 0.05) is 5.75 Å². The summed E-state index contributed by atoms with van der Waals surface area (Å²) >= 11 is 1.47. The van der Waals surface area contributed by atoms with Gasteiger partial charge in [0.25, 0.3) is 0 Å². The molecule has 1 aromatic rings. The van der Waals surface area contributed by atoms with E-state index in [-0.39, 0.29) is 0 Å². The van der Waals surface area contributed by atoms with Gasteiger partial charge in [-0.05, 0) is 17.7 Å². The molecule has 0 saturated carbocycles. The monoisotopic (exact) mass is 207 g/mol. The Balaban J connectivity index is 2.65. The smallest absolute Gasteiger partial charge is 0.335 e. The molecule has 0 radical (unpaired) electrons. The molecule has 0 aliphatic carbocycles. The van der Waals surface area contributed by atoms with Crippen molar-refractivity contribution in [1.29, 1.82) is 5.26 Å². The van der Waals surface area contributed by atoms with Gasteiger partial charge in [0.1, 0.15) is 0 Å². The summed E-state index contributed by atoms with van der Waals surface area (Å²) in [6.45, 7) is 0. The van der Waals surface area contributed by atoms with Crippen LogP contribution in [0.3, 0.4) is 0 Å². The standard InChI is InChI=1S/C10H9NO2S/c11-4-5-14-7-8-2-1-3-9(6-8)10(12)13/h1-3,6H,5,7H2,(H,12,13). The zero-order valence-corrected chi connectivity index (χ0v) is 8.25. The second-order valence-corrected chi connectivity index (χ2v) is 3.64. The van der Waals surface area contributed by atoms with Crippen molar-refractivity contribution < 1.29 is 9.90 Å². The predicted molar refractivity (Wildman–Crippen MR) is 55.2 cm³/mol. The Labute approximate surface area is 86.4 Å². The molecule has 1 N–H and O–H groups in total. The van der Waals surface area contributed by atoms with Crippen molar-refractivity contribution in [3.63, 3.8) is 0 Å². The SMILES string of the molecule is N#CCSCc1cccc(C(=O)O)c1. The average molecular weight is 207 g/mol. The van der Waals surface area contributed by atoms with Gasteiger partial charge in [-0.1, -0.05) is 12.1 Å². The summed E-state index contributed by atoms with van der Waals surface area (Å²) in [7, 11) is 0. The molecule has 0 unspecified atom stereocenters. The van der Waals surface area contributed by atoms with Crippen LogP contribution in [0, 0.1) is 11.3 Å². The quantitative estimate of drug-likeness (QED) is 0.768. The van der Waals surface area contributed by atoms with Crippen LogP contribution in [-0.4, -0.2) is 16.8 Å². The number of aromatic carboxylic acids is 1. The third kappa shape index (κ3) is 3.11. The third-order valence-electron chi connectivity index (χ3n) is 1.61. The second-order valence-electron chi connectivity index (χ2n) is 2.66. The molecule has 1 aromatic carbocycles. The number of nitrogens with zero attached hydrogens (tertiary/aromatic N) is 1. The van der Waals surface area contributed by atoms with E-state index in [2.05, 4.69) is 0 Å². The lowest BCUT2D eigenvalue weighted by Gasteiger charge is -2.00. The van der Waals surface area contributed by atoms with Crippen molar-refractivity contribution in [2.45, 2.75) is 5.75 Å². The van der Waals surface area contributed by atoms with Gasteiger partial charge in [-0.2, -0.15) is 5.26 Å². The molecule has 0 bridgehead atoms. The Morgan fingerprint density at radius 1 is 1.57 bits per heavy atom. The molecule has 0 spiro atoms. The van der Waals surface area contributed by atoms with Crippen molar-refractivity contribution in [2.24, 2.45) is 0 Å². The fourth-order valence-electron chi connectivity index (χ4n) is 1.01. The summed E-state index contributed by atoms with van der Waals surface area (Å²) < 4.78 is 0. The molecule has 0 aliphatic rings. The van der Waals surface area contributed by atoms with Gasteiger partial charge in [0.15, 0.2) is 0 Å². The fraction of sp³-hybridized carbons (Fsp3) is 0.200. The van der Waals surface area contributed by atoms with E-state index >= 15 is 0 Å². The highest BCUT2D eigenvalue weighted by molar-refractivity contribution is 7.98. The molecule has 0 fully saturated rings. The van der Waals surface area contributed by atoms with E-state index in [1.807, 2.05) is 12.1 Å². The molecule has 3 nitrogen and oxygen atoms in total. The number of nitriles is 1. The van der Waals surface area contributed by atoms with Crippen LogP contribution in [0.2, 0.25) is 0 Å². The highest BCUT2D eigenvalue weighted by Crippen LogP contribution is 2.13. The number of thioether (sulfide) groups is 1. The Morgan fingerprint density at radius 3 is 3.00 bits per heavy atom. The molecule has 72 valence electrons. The minimum Gasteiger partial charge on any atom is -0.478 e. The van der Waals surface area contributed by atoms with Gasteiger partial charge >= 0.3 is 5.97 Å². The zero-order valence-electron chi connectivity index (χ0n) is 7.43. The first-order valence-corrected chi connectivity index (χ1v) is 5.16. The number of benzene rings is 1. The van der Waals surface area contributed by atoms with Crippen LogP contribution in [0.15, 0.2) is 24.3 Å². The Hall–Kier alpha value is -1.47. The molecule has 0 aliphatic heterocycles. The van der Waals surface area contributed by atoms with E-state index in [4.69, 9.17) is 10.4 Å². The van der Waals surface area contributed by atoms with Crippen LogP contribution in [-0.2, 0) is 5.75 Å². The summed E-state index contributed by atoms with van der Waals surface area (Å²) in [5.41, 5.74) is 1.23. The summed E-state index contributed by atoms with van der Waals surface area (Å²) in [6, 6.07) is 8.78. The summed E-state index contributed by atoms with van der Waals surface area (Å²) in [5, 5.41) is 17.0. The topological polar surface area (TPSA) is 61.1 Å². The molecular formula is C10H9NO2S. The maximum Gasteiger partial charge on any atom is 0.335 e. The lowest BCUT2D eigenvalue weighted by atomic mass is 10.1. The van der Waals surface area contributed by atoms with Crippen LogP contribution in [0.4, 0.5) is 0 Å². The van der Waals surface area contributed by atoms with Gasteiger partial charge in [-0.3, -0.25) is 0 Å².